The van der Waals surface area contributed by atoms with E-state index >= 15 is 0 Å². The molecule has 33 heavy (non-hydrogen) atoms. The van der Waals surface area contributed by atoms with Crippen molar-refractivity contribution in [3.8, 4) is 5.75 Å². The second kappa shape index (κ2) is 10.4. The largest absolute Gasteiger partial charge is 0.497 e. The van der Waals surface area contributed by atoms with Gasteiger partial charge in [0, 0.05) is 17.8 Å². The number of rotatable bonds is 8. The number of benzene rings is 3. The van der Waals surface area contributed by atoms with Crippen molar-refractivity contribution in [1.82, 2.24) is 0 Å². The number of nitrogens with zero attached hydrogens (tertiary/aromatic N) is 1. The fraction of sp³-hybridized carbons (Fsp3) is 0.130. The molecule has 1 amide bonds. The predicted molar refractivity (Wildman–Crippen MR) is 125 cm³/mol. The molecule has 0 unspecified atom stereocenters. The molecule has 0 aliphatic heterocycles. The van der Waals surface area contributed by atoms with Gasteiger partial charge in [-0.3, -0.25) is 9.10 Å². The fourth-order valence-corrected chi connectivity index (χ4v) is 4.19. The number of methoxy groups -OCH3 is 1. The first-order valence-electron chi connectivity index (χ1n) is 9.66. The highest BCUT2D eigenvalue weighted by molar-refractivity contribution is 7.92. The molecule has 1 N–H and O–H groups in total. The number of hydrogen-bond donors (Lipinski definition) is 1. The fourth-order valence-electron chi connectivity index (χ4n) is 2.82. The van der Waals surface area contributed by atoms with Crippen molar-refractivity contribution in [1.29, 1.82) is 0 Å². The molecule has 0 saturated heterocycles. The summed E-state index contributed by atoms with van der Waals surface area (Å²) >= 11 is 5.80. The first-order chi connectivity index (χ1) is 15.7. The minimum absolute atomic E-state index is 0.00139. The van der Waals surface area contributed by atoms with E-state index in [2.05, 4.69) is 5.32 Å². The molecule has 8 nitrogen and oxygen atoms in total. The van der Waals surface area contributed by atoms with E-state index in [-0.39, 0.29) is 10.5 Å². The van der Waals surface area contributed by atoms with Crippen LogP contribution in [0.4, 0.5) is 11.4 Å². The molecule has 10 heteroatoms. The molecule has 0 atom stereocenters. The topological polar surface area (TPSA) is 102 Å². The van der Waals surface area contributed by atoms with Crippen molar-refractivity contribution < 1.29 is 27.5 Å². The van der Waals surface area contributed by atoms with Gasteiger partial charge in [-0.15, -0.1) is 0 Å². The Hall–Kier alpha value is -3.56. The number of carbonyl (C=O) groups excluding carboxylic acids is 2. The highest BCUT2D eigenvalue weighted by Gasteiger charge is 2.23. The average Bonchev–Trinajstić information content (AvgIpc) is 2.83. The first kappa shape index (κ1) is 24.1. The lowest BCUT2D eigenvalue weighted by atomic mass is 10.2. The van der Waals surface area contributed by atoms with Crippen molar-refractivity contribution in [2.45, 2.75) is 4.90 Å². The molecule has 0 bridgehead atoms. The van der Waals surface area contributed by atoms with Crippen LogP contribution in [0.5, 0.6) is 5.75 Å². The number of halogens is 1. The molecule has 0 fully saturated rings. The van der Waals surface area contributed by atoms with Gasteiger partial charge in [-0.05, 0) is 66.7 Å². The minimum atomic E-state index is -3.95. The van der Waals surface area contributed by atoms with Crippen LogP contribution in [0.25, 0.3) is 0 Å². The summed E-state index contributed by atoms with van der Waals surface area (Å²) in [4.78, 5) is 24.3. The van der Waals surface area contributed by atoms with Crippen LogP contribution in [0, 0.1) is 0 Å². The maximum atomic E-state index is 13.0. The van der Waals surface area contributed by atoms with Gasteiger partial charge < -0.3 is 14.8 Å². The minimum Gasteiger partial charge on any atom is -0.497 e. The van der Waals surface area contributed by atoms with Gasteiger partial charge in [-0.1, -0.05) is 17.7 Å². The van der Waals surface area contributed by atoms with E-state index in [1.54, 1.807) is 48.5 Å². The zero-order valence-electron chi connectivity index (χ0n) is 17.8. The van der Waals surface area contributed by atoms with E-state index in [9.17, 15) is 18.0 Å². The van der Waals surface area contributed by atoms with Gasteiger partial charge in [0.25, 0.3) is 15.9 Å². The Labute approximate surface area is 196 Å². The third-order valence-corrected chi connectivity index (χ3v) is 6.66. The van der Waals surface area contributed by atoms with Gasteiger partial charge in [0.15, 0.2) is 6.61 Å². The zero-order chi connectivity index (χ0) is 24.0. The number of amides is 1. The van der Waals surface area contributed by atoms with Crippen LogP contribution in [0.2, 0.25) is 5.02 Å². The standard InChI is InChI=1S/C23H21ClN2O6S/c1-26(19-10-12-20(31-2)13-11-19)33(29,30)21-5-3-4-16(14-21)23(28)32-15-22(27)25-18-8-6-17(24)7-9-18/h3-14H,15H2,1-2H3,(H,25,27). The van der Waals surface area contributed by atoms with Crippen LogP contribution in [-0.4, -0.2) is 41.1 Å². The maximum Gasteiger partial charge on any atom is 0.338 e. The second-order valence-corrected chi connectivity index (χ2v) is 9.24. The Kier molecular flexibility index (Phi) is 7.57. The third kappa shape index (κ3) is 6.03. The van der Waals surface area contributed by atoms with Crippen molar-refractivity contribution in [2.24, 2.45) is 0 Å². The molecule has 3 rings (SSSR count). The first-order valence-corrected chi connectivity index (χ1v) is 11.5. The smallest absolute Gasteiger partial charge is 0.338 e. The van der Waals surface area contributed by atoms with Gasteiger partial charge in [-0.2, -0.15) is 0 Å². The number of esters is 1. The Morgan fingerprint density at radius 1 is 1.00 bits per heavy atom. The summed E-state index contributed by atoms with van der Waals surface area (Å²) in [5, 5.41) is 3.09. The van der Waals surface area contributed by atoms with Crippen LogP contribution in [-0.2, 0) is 19.6 Å². The van der Waals surface area contributed by atoms with Gasteiger partial charge in [0.05, 0.1) is 23.3 Å². The summed E-state index contributed by atoms with van der Waals surface area (Å²) in [6, 6.07) is 18.3. The molecule has 0 saturated carbocycles. The molecule has 0 spiro atoms. The van der Waals surface area contributed by atoms with E-state index < -0.39 is 28.5 Å². The van der Waals surface area contributed by atoms with Crippen molar-refractivity contribution in [2.75, 3.05) is 30.4 Å². The van der Waals surface area contributed by atoms with E-state index in [1.165, 1.54) is 38.4 Å². The lowest BCUT2D eigenvalue weighted by Crippen LogP contribution is -2.26. The molecular weight excluding hydrogens is 468 g/mol. The van der Waals surface area contributed by atoms with Crippen LogP contribution >= 0.6 is 11.6 Å². The van der Waals surface area contributed by atoms with Crippen LogP contribution in [0.1, 0.15) is 10.4 Å². The Bertz CT molecular complexity index is 1240. The number of nitrogens with one attached hydrogen (secondary N) is 1. The highest BCUT2D eigenvalue weighted by Crippen LogP contribution is 2.25. The summed E-state index contributed by atoms with van der Waals surface area (Å²) in [6.07, 6.45) is 0. The predicted octanol–water partition coefficient (Wildman–Crippen LogP) is 3.97. The zero-order valence-corrected chi connectivity index (χ0v) is 19.4. The quantitative estimate of drug-likeness (QED) is 0.481. The molecule has 3 aromatic rings. The van der Waals surface area contributed by atoms with E-state index in [0.29, 0.717) is 22.1 Å². The normalized spacial score (nSPS) is 10.9. The highest BCUT2D eigenvalue weighted by atomic mass is 35.5. The van der Waals surface area contributed by atoms with Crippen molar-refractivity contribution in [3.63, 3.8) is 0 Å². The number of sulfonamides is 1. The lowest BCUT2D eigenvalue weighted by Gasteiger charge is -2.20. The lowest BCUT2D eigenvalue weighted by molar-refractivity contribution is -0.119. The number of ether oxygens (including phenoxy) is 2. The van der Waals surface area contributed by atoms with E-state index in [1.807, 2.05) is 0 Å². The summed E-state index contributed by atoms with van der Waals surface area (Å²) < 4.78 is 37.3. The third-order valence-electron chi connectivity index (χ3n) is 4.63. The molecule has 0 radical (unpaired) electrons. The van der Waals surface area contributed by atoms with E-state index in [4.69, 9.17) is 21.1 Å². The summed E-state index contributed by atoms with van der Waals surface area (Å²) in [6.45, 7) is -0.538. The van der Waals surface area contributed by atoms with Crippen molar-refractivity contribution in [3.05, 3.63) is 83.4 Å². The number of carbonyl (C=O) groups is 2. The monoisotopic (exact) mass is 488 g/mol. The van der Waals surface area contributed by atoms with Crippen LogP contribution in [0.3, 0.4) is 0 Å². The second-order valence-electron chi connectivity index (χ2n) is 6.83. The molecule has 0 aliphatic carbocycles. The van der Waals surface area contributed by atoms with Crippen LogP contribution < -0.4 is 14.4 Å². The molecule has 0 aliphatic rings. The van der Waals surface area contributed by atoms with E-state index in [0.717, 1.165) is 4.31 Å². The molecule has 0 heterocycles. The van der Waals surface area contributed by atoms with Gasteiger partial charge in [-0.25, -0.2) is 13.2 Å². The molecular formula is C23H21ClN2O6S. The Morgan fingerprint density at radius 2 is 1.67 bits per heavy atom. The molecule has 3 aromatic carbocycles. The maximum absolute atomic E-state index is 13.0. The Morgan fingerprint density at radius 3 is 2.30 bits per heavy atom. The average molecular weight is 489 g/mol. The SMILES string of the molecule is COc1ccc(N(C)S(=O)(=O)c2cccc(C(=O)OCC(=O)Nc3ccc(Cl)cc3)c2)cc1. The summed E-state index contributed by atoms with van der Waals surface area (Å²) in [7, 11) is -1.03. The number of hydrogen-bond acceptors (Lipinski definition) is 6. The molecule has 172 valence electrons. The van der Waals surface area contributed by atoms with Gasteiger partial charge in [0.2, 0.25) is 0 Å². The van der Waals surface area contributed by atoms with Crippen molar-refractivity contribution >= 4 is 44.9 Å². The Balaban J connectivity index is 1.67. The molecule has 0 aromatic heterocycles. The number of anilines is 2. The van der Waals surface area contributed by atoms with Gasteiger partial charge >= 0.3 is 5.97 Å². The summed E-state index contributed by atoms with van der Waals surface area (Å²) in [5.74, 6) is -0.784. The summed E-state index contributed by atoms with van der Waals surface area (Å²) in [5.41, 5.74) is 0.913. The van der Waals surface area contributed by atoms with Gasteiger partial charge in [0.1, 0.15) is 5.75 Å². The van der Waals surface area contributed by atoms with Crippen LogP contribution in [0.15, 0.2) is 77.7 Å².